The van der Waals surface area contributed by atoms with Gasteiger partial charge in [0.15, 0.2) is 5.78 Å². The maximum Gasteiger partial charge on any atom is 0.296 e. The number of rotatable bonds is 1. The summed E-state index contributed by atoms with van der Waals surface area (Å²) in [5, 5.41) is 14.1. The molecule has 19 heavy (non-hydrogen) atoms. The number of nitrogens with zero attached hydrogens (tertiary/aromatic N) is 1. The van der Waals surface area contributed by atoms with E-state index in [1.54, 1.807) is 6.08 Å². The largest absolute Gasteiger partial charge is 0.369 e. The Hall–Kier alpha value is -2.47. The number of carbonyl (C=O) groups is 1. The van der Waals surface area contributed by atoms with E-state index in [1.165, 1.54) is 0 Å². The van der Waals surface area contributed by atoms with E-state index in [-0.39, 0.29) is 11.7 Å². The molecule has 0 saturated heterocycles. The standard InChI is InChI=1S/C13H11N3O3/c14-12-8-5-7-3-1-2-4-9(7)15-13(8)10(16(18)19)6-11(12)17/h1-6,9,12,15H,14H2. The van der Waals surface area contributed by atoms with Gasteiger partial charge in [-0.2, -0.15) is 0 Å². The molecule has 0 spiro atoms. The summed E-state index contributed by atoms with van der Waals surface area (Å²) in [6, 6.07) is -0.966. The number of nitro groups is 1. The lowest BCUT2D eigenvalue weighted by molar-refractivity contribution is -0.421. The van der Waals surface area contributed by atoms with Gasteiger partial charge in [0.2, 0.25) is 0 Å². The molecule has 0 radical (unpaired) electrons. The van der Waals surface area contributed by atoms with E-state index in [0.717, 1.165) is 11.6 Å². The van der Waals surface area contributed by atoms with Gasteiger partial charge >= 0.3 is 0 Å². The van der Waals surface area contributed by atoms with Crippen LogP contribution in [0.3, 0.4) is 0 Å². The molecule has 1 aliphatic heterocycles. The second-order valence-electron chi connectivity index (χ2n) is 4.51. The van der Waals surface area contributed by atoms with Crippen molar-refractivity contribution in [1.82, 2.24) is 5.32 Å². The summed E-state index contributed by atoms with van der Waals surface area (Å²) in [5.74, 6) is -0.446. The van der Waals surface area contributed by atoms with Crippen LogP contribution in [0, 0.1) is 10.1 Å². The van der Waals surface area contributed by atoms with Crippen LogP contribution in [0.2, 0.25) is 0 Å². The fourth-order valence-electron chi connectivity index (χ4n) is 2.38. The summed E-state index contributed by atoms with van der Waals surface area (Å²) >= 11 is 0. The Labute approximate surface area is 108 Å². The van der Waals surface area contributed by atoms with E-state index in [0.29, 0.717) is 11.3 Å². The van der Waals surface area contributed by atoms with Gasteiger partial charge in [0.05, 0.1) is 23.1 Å². The van der Waals surface area contributed by atoms with E-state index in [9.17, 15) is 14.9 Å². The monoisotopic (exact) mass is 257 g/mol. The molecular weight excluding hydrogens is 246 g/mol. The second kappa shape index (κ2) is 4.03. The van der Waals surface area contributed by atoms with E-state index >= 15 is 0 Å². The lowest BCUT2D eigenvalue weighted by Crippen LogP contribution is -2.43. The number of hydrogen-bond acceptors (Lipinski definition) is 5. The summed E-state index contributed by atoms with van der Waals surface area (Å²) in [6.07, 6.45) is 10.3. The van der Waals surface area contributed by atoms with Crippen molar-refractivity contribution in [3.8, 4) is 0 Å². The molecule has 3 N–H and O–H groups in total. The SMILES string of the molecule is NC1C(=O)C=C([N+](=O)[O-])C2=C1C=C1C=CC=CC1N2. The van der Waals surface area contributed by atoms with Crippen LogP contribution in [-0.4, -0.2) is 22.8 Å². The number of nitrogens with two attached hydrogens (primary N) is 1. The first-order valence-corrected chi connectivity index (χ1v) is 5.81. The molecule has 0 fully saturated rings. The minimum absolute atomic E-state index is 0.118. The van der Waals surface area contributed by atoms with Crippen molar-refractivity contribution in [1.29, 1.82) is 0 Å². The van der Waals surface area contributed by atoms with Crippen molar-refractivity contribution in [3.05, 3.63) is 69.1 Å². The third-order valence-electron chi connectivity index (χ3n) is 3.35. The first-order valence-electron chi connectivity index (χ1n) is 5.81. The van der Waals surface area contributed by atoms with E-state index in [1.807, 2.05) is 24.3 Å². The highest BCUT2D eigenvalue weighted by Gasteiger charge is 2.36. The van der Waals surface area contributed by atoms with Crippen molar-refractivity contribution in [3.63, 3.8) is 0 Å². The van der Waals surface area contributed by atoms with Crippen molar-refractivity contribution >= 4 is 5.78 Å². The highest BCUT2D eigenvalue weighted by molar-refractivity contribution is 6.00. The minimum atomic E-state index is -0.848. The number of ketones is 1. The summed E-state index contributed by atoms with van der Waals surface area (Å²) in [7, 11) is 0. The Balaban J connectivity index is 2.13. The quantitative estimate of drug-likeness (QED) is 0.521. The van der Waals surface area contributed by atoms with Gasteiger partial charge < -0.3 is 11.1 Å². The Morgan fingerprint density at radius 3 is 2.84 bits per heavy atom. The second-order valence-corrected chi connectivity index (χ2v) is 4.51. The average Bonchev–Trinajstić information content (AvgIpc) is 2.41. The van der Waals surface area contributed by atoms with Gasteiger partial charge in [0.25, 0.3) is 5.70 Å². The molecule has 0 amide bonds. The maximum absolute atomic E-state index is 11.7. The molecule has 0 saturated carbocycles. The first-order chi connectivity index (χ1) is 9.08. The molecule has 0 bridgehead atoms. The fourth-order valence-corrected chi connectivity index (χ4v) is 2.38. The van der Waals surface area contributed by atoms with Crippen molar-refractivity contribution in [2.75, 3.05) is 0 Å². The molecule has 6 heteroatoms. The number of hydrogen-bond donors (Lipinski definition) is 2. The lowest BCUT2D eigenvalue weighted by Gasteiger charge is -2.30. The van der Waals surface area contributed by atoms with Crippen LogP contribution in [0.5, 0.6) is 0 Å². The lowest BCUT2D eigenvalue weighted by atomic mass is 9.86. The minimum Gasteiger partial charge on any atom is -0.369 e. The van der Waals surface area contributed by atoms with E-state index in [2.05, 4.69) is 5.32 Å². The van der Waals surface area contributed by atoms with Crippen LogP contribution in [-0.2, 0) is 4.79 Å². The van der Waals surface area contributed by atoms with Gasteiger partial charge in [0.1, 0.15) is 5.70 Å². The zero-order valence-corrected chi connectivity index (χ0v) is 9.87. The molecular formula is C13H11N3O3. The number of carbonyl (C=O) groups excluding carboxylic acids is 1. The van der Waals surface area contributed by atoms with E-state index < -0.39 is 16.7 Å². The molecule has 3 aliphatic rings. The predicted molar refractivity (Wildman–Crippen MR) is 68.4 cm³/mol. The summed E-state index contributed by atoms with van der Waals surface area (Å²) < 4.78 is 0. The average molecular weight is 257 g/mol. The zero-order chi connectivity index (χ0) is 13.6. The summed E-state index contributed by atoms with van der Waals surface area (Å²) in [5.41, 5.74) is 7.35. The van der Waals surface area contributed by atoms with Crippen LogP contribution in [0.25, 0.3) is 0 Å². The van der Waals surface area contributed by atoms with Gasteiger partial charge in [0, 0.05) is 5.57 Å². The Morgan fingerprint density at radius 1 is 1.32 bits per heavy atom. The fraction of sp³-hybridized carbons (Fsp3) is 0.154. The van der Waals surface area contributed by atoms with Gasteiger partial charge in [-0.25, -0.2) is 0 Å². The number of nitrogens with one attached hydrogen (secondary N) is 1. The van der Waals surface area contributed by atoms with Crippen LogP contribution in [0.4, 0.5) is 0 Å². The highest BCUT2D eigenvalue weighted by Crippen LogP contribution is 2.30. The van der Waals surface area contributed by atoms with Gasteiger partial charge in [-0.3, -0.25) is 14.9 Å². The molecule has 1 heterocycles. The first kappa shape index (κ1) is 11.6. The molecule has 2 atom stereocenters. The molecule has 0 aromatic carbocycles. The Morgan fingerprint density at radius 2 is 2.11 bits per heavy atom. The predicted octanol–water partition coefficient (Wildman–Crippen LogP) is 0.335. The number of fused-ring (bicyclic) bond motifs is 1. The Kier molecular flexibility index (Phi) is 2.46. The number of allylic oxidation sites excluding steroid dienone is 2. The molecule has 0 aromatic heterocycles. The topological polar surface area (TPSA) is 98.3 Å². The third kappa shape index (κ3) is 1.73. The molecule has 3 rings (SSSR count). The zero-order valence-electron chi connectivity index (χ0n) is 9.87. The third-order valence-corrected chi connectivity index (χ3v) is 3.35. The number of dihydropyridines is 1. The molecule has 2 unspecified atom stereocenters. The summed E-state index contributed by atoms with van der Waals surface area (Å²) in [4.78, 5) is 22.2. The smallest absolute Gasteiger partial charge is 0.296 e. The van der Waals surface area contributed by atoms with Gasteiger partial charge in [-0.05, 0) is 11.6 Å². The van der Waals surface area contributed by atoms with Crippen LogP contribution >= 0.6 is 0 Å². The van der Waals surface area contributed by atoms with Gasteiger partial charge in [-0.15, -0.1) is 0 Å². The normalized spacial score (nSPS) is 28.2. The molecule has 6 nitrogen and oxygen atoms in total. The van der Waals surface area contributed by atoms with Crippen molar-refractivity contribution in [2.45, 2.75) is 12.1 Å². The van der Waals surface area contributed by atoms with Crippen LogP contribution in [0.15, 0.2) is 59.0 Å². The molecule has 2 aliphatic carbocycles. The van der Waals surface area contributed by atoms with Crippen LogP contribution in [0.1, 0.15) is 0 Å². The van der Waals surface area contributed by atoms with Crippen molar-refractivity contribution < 1.29 is 9.72 Å². The van der Waals surface area contributed by atoms with Crippen molar-refractivity contribution in [2.24, 2.45) is 5.73 Å². The van der Waals surface area contributed by atoms with Gasteiger partial charge in [-0.1, -0.05) is 24.3 Å². The summed E-state index contributed by atoms with van der Waals surface area (Å²) in [6.45, 7) is 0. The van der Waals surface area contributed by atoms with E-state index in [4.69, 9.17) is 5.73 Å². The maximum atomic E-state index is 11.7. The Bertz CT molecular complexity index is 638. The molecule has 96 valence electrons. The molecule has 0 aromatic rings. The van der Waals surface area contributed by atoms with Crippen LogP contribution < -0.4 is 11.1 Å². The highest BCUT2D eigenvalue weighted by atomic mass is 16.6.